The number of piperidine rings is 1. The summed E-state index contributed by atoms with van der Waals surface area (Å²) in [5.74, 6) is 0.613. The molecular formula is C18H23ClN4O. The number of rotatable bonds is 4. The number of halogens is 1. The third kappa shape index (κ3) is 3.62. The molecule has 1 aromatic carbocycles. The first-order chi connectivity index (χ1) is 11.3. The monoisotopic (exact) mass is 346 g/mol. The van der Waals surface area contributed by atoms with Crippen LogP contribution >= 0.6 is 12.4 Å². The number of nitrogens with zero attached hydrogens (tertiary/aromatic N) is 2. The van der Waals surface area contributed by atoms with Gasteiger partial charge in [-0.25, -0.2) is 4.68 Å². The summed E-state index contributed by atoms with van der Waals surface area (Å²) in [6, 6.07) is 10.9. The lowest BCUT2D eigenvalue weighted by Gasteiger charge is -2.28. The molecule has 2 N–H and O–H groups in total. The third-order valence-corrected chi connectivity index (χ3v) is 4.97. The fourth-order valence-corrected chi connectivity index (χ4v) is 4.00. The molecule has 2 fully saturated rings. The van der Waals surface area contributed by atoms with Gasteiger partial charge in [-0.1, -0.05) is 12.1 Å². The summed E-state index contributed by atoms with van der Waals surface area (Å²) in [5.41, 5.74) is 1.72. The Labute approximate surface area is 148 Å². The van der Waals surface area contributed by atoms with Gasteiger partial charge >= 0.3 is 0 Å². The highest BCUT2D eigenvalue weighted by Gasteiger charge is 2.34. The molecule has 2 bridgehead atoms. The number of amides is 1. The molecule has 2 aliphatic heterocycles. The van der Waals surface area contributed by atoms with E-state index in [1.165, 1.54) is 12.8 Å². The molecule has 0 aliphatic carbocycles. The lowest BCUT2D eigenvalue weighted by atomic mass is 9.89. The lowest BCUT2D eigenvalue weighted by molar-refractivity contribution is -0.117. The van der Waals surface area contributed by atoms with Crippen molar-refractivity contribution in [2.75, 3.05) is 5.32 Å². The van der Waals surface area contributed by atoms with Crippen LogP contribution in [0.4, 0.5) is 5.69 Å². The fraction of sp³-hybridized carbons (Fsp3) is 0.444. The molecule has 2 aliphatic rings. The average molecular weight is 347 g/mol. The van der Waals surface area contributed by atoms with Gasteiger partial charge in [0.05, 0.1) is 11.4 Å². The zero-order valence-corrected chi connectivity index (χ0v) is 14.3. The predicted molar refractivity (Wildman–Crippen MR) is 96.7 cm³/mol. The predicted octanol–water partition coefficient (Wildman–Crippen LogP) is 3.15. The van der Waals surface area contributed by atoms with E-state index in [4.69, 9.17) is 0 Å². The van der Waals surface area contributed by atoms with E-state index in [0.717, 1.165) is 24.2 Å². The van der Waals surface area contributed by atoms with Crippen LogP contribution in [0.2, 0.25) is 0 Å². The quantitative estimate of drug-likeness (QED) is 0.894. The van der Waals surface area contributed by atoms with Crippen LogP contribution in [-0.2, 0) is 4.79 Å². The van der Waals surface area contributed by atoms with Crippen molar-refractivity contribution in [1.29, 1.82) is 0 Å². The van der Waals surface area contributed by atoms with Gasteiger partial charge in [-0.05, 0) is 49.8 Å². The van der Waals surface area contributed by atoms with Gasteiger partial charge < -0.3 is 10.6 Å². The molecule has 2 atom stereocenters. The van der Waals surface area contributed by atoms with Gasteiger partial charge in [-0.15, -0.1) is 12.4 Å². The molecular weight excluding hydrogens is 324 g/mol. The molecule has 0 spiro atoms. The standard InChI is InChI=1S/C18H22N4O.ClH/c23-18(12-13-10-14-6-7-15(11-13)20-14)21-16-4-1-2-5-17(16)22-9-3-8-19-22;/h1-5,8-9,13-15,20H,6-7,10-12H2,(H,21,23);1H. The Kier molecular flexibility index (Phi) is 5.21. The van der Waals surface area contributed by atoms with E-state index in [1.54, 1.807) is 10.9 Å². The van der Waals surface area contributed by atoms with E-state index in [0.29, 0.717) is 24.4 Å². The largest absolute Gasteiger partial charge is 0.324 e. The number of benzene rings is 1. The number of aromatic nitrogens is 2. The minimum absolute atomic E-state index is 0. The highest BCUT2D eigenvalue weighted by molar-refractivity contribution is 5.92. The summed E-state index contributed by atoms with van der Waals surface area (Å²) in [6.45, 7) is 0. The second kappa shape index (κ2) is 7.36. The zero-order valence-electron chi connectivity index (χ0n) is 13.5. The number of para-hydroxylation sites is 2. The first-order valence-corrected chi connectivity index (χ1v) is 8.43. The molecule has 0 saturated carbocycles. The van der Waals surface area contributed by atoms with E-state index in [1.807, 2.05) is 36.5 Å². The van der Waals surface area contributed by atoms with Crippen LogP contribution in [0.3, 0.4) is 0 Å². The highest BCUT2D eigenvalue weighted by atomic mass is 35.5. The van der Waals surface area contributed by atoms with Gasteiger partial charge in [0.1, 0.15) is 0 Å². The van der Waals surface area contributed by atoms with E-state index in [2.05, 4.69) is 15.7 Å². The number of fused-ring (bicyclic) bond motifs is 2. The summed E-state index contributed by atoms with van der Waals surface area (Å²) in [4.78, 5) is 12.5. The molecule has 24 heavy (non-hydrogen) atoms. The first kappa shape index (κ1) is 17.0. The smallest absolute Gasteiger partial charge is 0.224 e. The van der Waals surface area contributed by atoms with Crippen molar-refractivity contribution in [3.63, 3.8) is 0 Å². The second-order valence-electron chi connectivity index (χ2n) is 6.70. The Morgan fingerprint density at radius 1 is 1.21 bits per heavy atom. The summed E-state index contributed by atoms with van der Waals surface area (Å²) in [7, 11) is 0. The minimum atomic E-state index is 0. The first-order valence-electron chi connectivity index (χ1n) is 8.43. The molecule has 3 heterocycles. The number of carbonyl (C=O) groups excluding carboxylic acids is 1. The minimum Gasteiger partial charge on any atom is -0.324 e. The maximum absolute atomic E-state index is 12.5. The van der Waals surface area contributed by atoms with Crippen molar-refractivity contribution in [2.45, 2.75) is 44.2 Å². The van der Waals surface area contributed by atoms with Gasteiger partial charge in [0, 0.05) is 30.9 Å². The van der Waals surface area contributed by atoms with Crippen LogP contribution in [0.15, 0.2) is 42.7 Å². The maximum atomic E-state index is 12.5. The van der Waals surface area contributed by atoms with Crippen molar-refractivity contribution >= 4 is 24.0 Å². The SMILES string of the molecule is Cl.O=C(CC1CC2CCC(C1)N2)Nc1ccccc1-n1cccn1. The summed E-state index contributed by atoms with van der Waals surface area (Å²) < 4.78 is 1.78. The highest BCUT2D eigenvalue weighted by Crippen LogP contribution is 2.33. The Balaban J connectivity index is 0.00000169. The number of hydrogen-bond donors (Lipinski definition) is 2. The summed E-state index contributed by atoms with van der Waals surface area (Å²) in [5, 5.41) is 11.0. The lowest BCUT2D eigenvalue weighted by Crippen LogP contribution is -2.39. The topological polar surface area (TPSA) is 59.0 Å². The van der Waals surface area contributed by atoms with Crippen molar-refractivity contribution < 1.29 is 4.79 Å². The van der Waals surface area contributed by atoms with Crippen molar-refractivity contribution in [1.82, 2.24) is 15.1 Å². The van der Waals surface area contributed by atoms with Crippen LogP contribution in [0, 0.1) is 5.92 Å². The van der Waals surface area contributed by atoms with E-state index < -0.39 is 0 Å². The Hall–Kier alpha value is -1.85. The molecule has 1 aromatic heterocycles. The second-order valence-corrected chi connectivity index (χ2v) is 6.70. The van der Waals surface area contributed by atoms with Crippen LogP contribution in [0.25, 0.3) is 5.69 Å². The molecule has 128 valence electrons. The molecule has 4 rings (SSSR count). The molecule has 2 unspecified atom stereocenters. The number of carbonyl (C=O) groups is 1. The zero-order chi connectivity index (χ0) is 15.6. The van der Waals surface area contributed by atoms with Gasteiger partial charge in [0.15, 0.2) is 0 Å². The van der Waals surface area contributed by atoms with Gasteiger partial charge in [0.25, 0.3) is 0 Å². The fourth-order valence-electron chi connectivity index (χ4n) is 4.00. The van der Waals surface area contributed by atoms with Crippen molar-refractivity contribution in [3.05, 3.63) is 42.7 Å². The van der Waals surface area contributed by atoms with Gasteiger partial charge in [-0.2, -0.15) is 5.10 Å². The number of nitrogens with one attached hydrogen (secondary N) is 2. The Morgan fingerprint density at radius 3 is 2.67 bits per heavy atom. The molecule has 2 aromatic rings. The molecule has 6 heteroatoms. The normalized spacial score (nSPS) is 25.1. The average Bonchev–Trinajstić information content (AvgIpc) is 3.18. The number of hydrogen-bond acceptors (Lipinski definition) is 3. The molecule has 0 radical (unpaired) electrons. The van der Waals surface area contributed by atoms with Crippen LogP contribution in [0.1, 0.15) is 32.1 Å². The van der Waals surface area contributed by atoms with Crippen molar-refractivity contribution in [2.24, 2.45) is 5.92 Å². The van der Waals surface area contributed by atoms with E-state index in [9.17, 15) is 4.79 Å². The Bertz CT molecular complexity index is 676. The van der Waals surface area contributed by atoms with E-state index in [-0.39, 0.29) is 18.3 Å². The van der Waals surface area contributed by atoms with Crippen LogP contribution < -0.4 is 10.6 Å². The van der Waals surface area contributed by atoms with Crippen molar-refractivity contribution in [3.8, 4) is 5.69 Å². The maximum Gasteiger partial charge on any atom is 0.224 e. The molecule has 2 saturated heterocycles. The van der Waals surface area contributed by atoms with Crippen LogP contribution in [-0.4, -0.2) is 27.8 Å². The van der Waals surface area contributed by atoms with Gasteiger partial charge in [-0.3, -0.25) is 4.79 Å². The molecule has 5 nitrogen and oxygen atoms in total. The van der Waals surface area contributed by atoms with Crippen LogP contribution in [0.5, 0.6) is 0 Å². The summed E-state index contributed by atoms with van der Waals surface area (Å²) >= 11 is 0. The van der Waals surface area contributed by atoms with Gasteiger partial charge in [0.2, 0.25) is 5.91 Å². The molecule has 1 amide bonds. The third-order valence-electron chi connectivity index (χ3n) is 4.97. The van der Waals surface area contributed by atoms with E-state index >= 15 is 0 Å². The number of anilines is 1. The summed E-state index contributed by atoms with van der Waals surface area (Å²) in [6.07, 6.45) is 9.03. The Morgan fingerprint density at radius 2 is 1.96 bits per heavy atom.